The molecule has 1 aliphatic carbocycles. The lowest BCUT2D eigenvalue weighted by Gasteiger charge is -2.33. The van der Waals surface area contributed by atoms with Gasteiger partial charge in [-0.2, -0.15) is 0 Å². The minimum atomic E-state index is -0.877. The molecule has 2 heterocycles. The quantitative estimate of drug-likeness (QED) is 0.781. The largest absolute Gasteiger partial charge is 0.487 e. The molecule has 4 rings (SSSR count). The van der Waals surface area contributed by atoms with Crippen LogP contribution in [0.1, 0.15) is 32.6 Å². The molecule has 3 fully saturated rings. The third-order valence-corrected chi connectivity index (χ3v) is 5.91. The van der Waals surface area contributed by atoms with Gasteiger partial charge in [-0.25, -0.2) is 9.18 Å². The van der Waals surface area contributed by atoms with Crippen LogP contribution in [0.15, 0.2) is 24.3 Å². The molecule has 1 aromatic rings. The molecule has 1 aromatic carbocycles. The van der Waals surface area contributed by atoms with Crippen LogP contribution in [0.3, 0.4) is 0 Å². The summed E-state index contributed by atoms with van der Waals surface area (Å²) in [5, 5.41) is 2.75. The number of ether oxygens (including phenoxy) is 1. The second-order valence-corrected chi connectivity index (χ2v) is 7.93. The second kappa shape index (κ2) is 7.07. The van der Waals surface area contributed by atoms with E-state index in [2.05, 4.69) is 5.32 Å². The van der Waals surface area contributed by atoms with Gasteiger partial charge in [0.05, 0.1) is 0 Å². The molecule has 4 amide bonds. The molecule has 2 saturated heterocycles. The second-order valence-electron chi connectivity index (χ2n) is 7.93. The normalized spacial score (nSPS) is 25.8. The van der Waals surface area contributed by atoms with Gasteiger partial charge >= 0.3 is 6.03 Å². The van der Waals surface area contributed by atoms with E-state index in [-0.39, 0.29) is 36.1 Å². The van der Waals surface area contributed by atoms with Gasteiger partial charge in [-0.05, 0) is 37.8 Å². The van der Waals surface area contributed by atoms with Crippen molar-refractivity contribution < 1.29 is 23.5 Å². The van der Waals surface area contributed by atoms with Crippen molar-refractivity contribution in [3.8, 4) is 5.75 Å². The zero-order chi connectivity index (χ0) is 19.9. The van der Waals surface area contributed by atoms with Crippen molar-refractivity contribution in [3.63, 3.8) is 0 Å². The molecule has 28 heavy (non-hydrogen) atoms. The smallest absolute Gasteiger partial charge is 0.325 e. The van der Waals surface area contributed by atoms with Crippen molar-refractivity contribution in [3.05, 3.63) is 30.1 Å². The lowest BCUT2D eigenvalue weighted by Crippen LogP contribution is -2.49. The fraction of sp³-hybridized carbons (Fsp3) is 0.550. The number of halogens is 1. The van der Waals surface area contributed by atoms with E-state index < -0.39 is 17.4 Å². The Morgan fingerprint density at radius 1 is 1.21 bits per heavy atom. The van der Waals surface area contributed by atoms with E-state index in [1.807, 2.05) is 0 Å². The maximum absolute atomic E-state index is 13.7. The van der Waals surface area contributed by atoms with Crippen LogP contribution in [0, 0.1) is 11.7 Å². The van der Waals surface area contributed by atoms with Crippen LogP contribution in [-0.2, 0) is 9.59 Å². The van der Waals surface area contributed by atoms with Crippen molar-refractivity contribution in [2.75, 3.05) is 19.6 Å². The van der Waals surface area contributed by atoms with E-state index in [1.165, 1.54) is 6.07 Å². The molecule has 1 atom stereocenters. The van der Waals surface area contributed by atoms with Gasteiger partial charge in [-0.1, -0.05) is 12.1 Å². The van der Waals surface area contributed by atoms with Crippen LogP contribution in [0.25, 0.3) is 0 Å². The summed E-state index contributed by atoms with van der Waals surface area (Å²) in [6.07, 6.45) is 2.80. The molecule has 1 unspecified atom stereocenters. The number of likely N-dealkylation sites (tertiary alicyclic amines) is 1. The van der Waals surface area contributed by atoms with Gasteiger partial charge in [0, 0.05) is 25.9 Å². The number of hydrogen-bond donors (Lipinski definition) is 1. The number of hydrogen-bond acceptors (Lipinski definition) is 4. The van der Waals surface area contributed by atoms with Gasteiger partial charge in [0.1, 0.15) is 18.2 Å². The number of rotatable bonds is 5. The highest BCUT2D eigenvalue weighted by Crippen LogP contribution is 2.42. The van der Waals surface area contributed by atoms with E-state index in [0.717, 1.165) is 17.7 Å². The summed E-state index contributed by atoms with van der Waals surface area (Å²) < 4.78 is 19.4. The van der Waals surface area contributed by atoms with Crippen molar-refractivity contribution in [2.45, 2.75) is 44.2 Å². The van der Waals surface area contributed by atoms with E-state index in [0.29, 0.717) is 25.9 Å². The summed E-state index contributed by atoms with van der Waals surface area (Å²) in [5.41, 5.74) is -0.877. The molecule has 8 heteroatoms. The van der Waals surface area contributed by atoms with E-state index in [1.54, 1.807) is 30.0 Å². The average molecular weight is 389 g/mol. The molecule has 1 saturated carbocycles. The SMILES string of the molecule is CC1(C2CC2)NC(=O)N(CC(=O)N2CCC(Oc3ccccc3F)CC2)C1=O. The van der Waals surface area contributed by atoms with E-state index in [4.69, 9.17) is 4.74 Å². The molecular formula is C20H24FN3O4. The summed E-state index contributed by atoms with van der Waals surface area (Å²) in [5.74, 6) is -0.599. The van der Waals surface area contributed by atoms with Crippen molar-refractivity contribution in [1.82, 2.24) is 15.1 Å². The Bertz CT molecular complexity index is 804. The first-order valence-corrected chi connectivity index (χ1v) is 9.71. The highest BCUT2D eigenvalue weighted by Gasteiger charge is 2.56. The summed E-state index contributed by atoms with van der Waals surface area (Å²) in [6, 6.07) is 5.76. The summed E-state index contributed by atoms with van der Waals surface area (Å²) in [6.45, 7) is 2.38. The van der Waals surface area contributed by atoms with Gasteiger partial charge < -0.3 is 15.0 Å². The highest BCUT2D eigenvalue weighted by molar-refractivity contribution is 6.09. The van der Waals surface area contributed by atoms with Crippen LogP contribution >= 0.6 is 0 Å². The molecule has 150 valence electrons. The zero-order valence-electron chi connectivity index (χ0n) is 15.8. The maximum Gasteiger partial charge on any atom is 0.325 e. The fourth-order valence-electron chi connectivity index (χ4n) is 3.97. The lowest BCUT2D eigenvalue weighted by atomic mass is 9.96. The van der Waals surface area contributed by atoms with Crippen molar-refractivity contribution in [2.24, 2.45) is 5.92 Å². The Labute approximate surface area is 162 Å². The Morgan fingerprint density at radius 2 is 1.89 bits per heavy atom. The van der Waals surface area contributed by atoms with Crippen LogP contribution in [-0.4, -0.2) is 58.9 Å². The van der Waals surface area contributed by atoms with Crippen LogP contribution in [0.2, 0.25) is 0 Å². The zero-order valence-corrected chi connectivity index (χ0v) is 15.8. The topological polar surface area (TPSA) is 79.0 Å². The molecular weight excluding hydrogens is 365 g/mol. The summed E-state index contributed by atoms with van der Waals surface area (Å²) in [7, 11) is 0. The first-order chi connectivity index (χ1) is 13.4. The first kappa shape index (κ1) is 18.7. The van der Waals surface area contributed by atoms with Crippen LogP contribution < -0.4 is 10.1 Å². The highest BCUT2D eigenvalue weighted by atomic mass is 19.1. The standard InChI is InChI=1S/C20H24FN3O4/c1-20(13-6-7-13)18(26)24(19(27)22-20)12-17(25)23-10-8-14(9-11-23)28-16-5-3-2-4-15(16)21/h2-5,13-14H,6-12H2,1H3,(H,22,27). The van der Waals surface area contributed by atoms with E-state index >= 15 is 0 Å². The van der Waals surface area contributed by atoms with Crippen molar-refractivity contribution >= 4 is 17.8 Å². The van der Waals surface area contributed by atoms with Crippen LogP contribution in [0.5, 0.6) is 5.75 Å². The predicted molar refractivity (Wildman–Crippen MR) is 98.0 cm³/mol. The molecule has 0 bridgehead atoms. The van der Waals surface area contributed by atoms with Gasteiger partial charge in [-0.15, -0.1) is 0 Å². The van der Waals surface area contributed by atoms with Gasteiger partial charge in [-0.3, -0.25) is 14.5 Å². The Hall–Kier alpha value is -2.64. The lowest BCUT2D eigenvalue weighted by molar-refractivity contribution is -0.140. The molecule has 2 aliphatic heterocycles. The molecule has 0 aromatic heterocycles. The molecule has 3 aliphatic rings. The third-order valence-electron chi connectivity index (χ3n) is 5.91. The molecule has 1 N–H and O–H groups in total. The molecule has 7 nitrogen and oxygen atoms in total. The Morgan fingerprint density at radius 3 is 2.54 bits per heavy atom. The summed E-state index contributed by atoms with van der Waals surface area (Å²) >= 11 is 0. The van der Waals surface area contributed by atoms with Crippen LogP contribution in [0.4, 0.5) is 9.18 Å². The monoisotopic (exact) mass is 389 g/mol. The number of nitrogens with one attached hydrogen (secondary N) is 1. The number of urea groups is 1. The first-order valence-electron chi connectivity index (χ1n) is 9.71. The minimum absolute atomic E-state index is 0.162. The fourth-order valence-corrected chi connectivity index (χ4v) is 3.97. The number of amides is 4. The average Bonchev–Trinajstić information content (AvgIpc) is 3.50. The van der Waals surface area contributed by atoms with Gasteiger partial charge in [0.25, 0.3) is 5.91 Å². The third kappa shape index (κ3) is 3.43. The maximum atomic E-state index is 13.7. The number of imide groups is 1. The van der Waals surface area contributed by atoms with E-state index in [9.17, 15) is 18.8 Å². The Balaban J connectivity index is 1.30. The van der Waals surface area contributed by atoms with Gasteiger partial charge in [0.2, 0.25) is 5.91 Å². The predicted octanol–water partition coefficient (Wildman–Crippen LogP) is 1.92. The number of nitrogens with zero attached hydrogens (tertiary/aromatic N) is 2. The minimum Gasteiger partial charge on any atom is -0.487 e. The summed E-state index contributed by atoms with van der Waals surface area (Å²) in [4.78, 5) is 40.1. The number of benzene rings is 1. The molecule has 0 radical (unpaired) electrons. The van der Waals surface area contributed by atoms with Crippen molar-refractivity contribution in [1.29, 1.82) is 0 Å². The number of piperidine rings is 1. The number of carbonyl (C=O) groups is 3. The number of carbonyl (C=O) groups excluding carboxylic acids is 3. The molecule has 0 spiro atoms. The van der Waals surface area contributed by atoms with Gasteiger partial charge in [0.15, 0.2) is 11.6 Å². The Kier molecular flexibility index (Phi) is 4.72. The number of para-hydroxylation sites is 1.